The summed E-state index contributed by atoms with van der Waals surface area (Å²) >= 11 is 1.46. The van der Waals surface area contributed by atoms with Crippen molar-refractivity contribution in [2.45, 2.75) is 45.8 Å². The van der Waals surface area contributed by atoms with E-state index in [1.807, 2.05) is 64.2 Å². The van der Waals surface area contributed by atoms with Gasteiger partial charge in [0.05, 0.1) is 18.6 Å². The van der Waals surface area contributed by atoms with Crippen LogP contribution in [0.3, 0.4) is 0 Å². The third kappa shape index (κ3) is 5.05. The van der Waals surface area contributed by atoms with Gasteiger partial charge < -0.3 is 14.2 Å². The standard InChI is InChI=1S/C31H30N4O4S/c1-19-6-8-21(14-32-19)22-13-24-26(33-15-22)38-25-9-7-20(10-11-30(5)16-37-17-30)12-23(25)31(24)18-40-27(35-31)34-28(36)39-29(2,3)4/h6-9,12-15H,16-18H2,1-5H3,(H,34,35,36). The molecule has 3 aliphatic rings. The van der Waals surface area contributed by atoms with Gasteiger partial charge in [-0.15, -0.1) is 0 Å². The number of nitrogens with zero attached hydrogens (tertiary/aromatic N) is 3. The van der Waals surface area contributed by atoms with Crippen molar-refractivity contribution in [2.24, 2.45) is 10.4 Å². The van der Waals surface area contributed by atoms with E-state index in [0.717, 1.165) is 33.5 Å². The predicted octanol–water partition coefficient (Wildman–Crippen LogP) is 5.82. The fraction of sp³-hybridized carbons (Fsp3) is 0.355. The molecule has 40 heavy (non-hydrogen) atoms. The number of aromatic nitrogens is 2. The van der Waals surface area contributed by atoms with Gasteiger partial charge in [-0.2, -0.15) is 0 Å². The molecule has 3 aliphatic heterocycles. The molecule has 1 amide bonds. The van der Waals surface area contributed by atoms with Crippen molar-refractivity contribution in [3.63, 3.8) is 0 Å². The summed E-state index contributed by atoms with van der Waals surface area (Å²) in [5.74, 6) is 8.37. The Bertz CT molecular complexity index is 1600. The normalized spacial score (nSPS) is 20.2. The molecule has 0 radical (unpaired) electrons. The number of aliphatic imine (C=N–C) groups is 1. The summed E-state index contributed by atoms with van der Waals surface area (Å²) in [5.41, 5.74) is 3.73. The number of ether oxygens (including phenoxy) is 3. The van der Waals surface area contributed by atoms with Crippen LogP contribution in [0.25, 0.3) is 11.1 Å². The highest BCUT2D eigenvalue weighted by atomic mass is 32.2. The van der Waals surface area contributed by atoms with Crippen LogP contribution in [0.15, 0.2) is 53.8 Å². The maximum absolute atomic E-state index is 12.6. The SMILES string of the molecule is Cc1ccc(-c2cnc3c(c2)C2(CSC(NC(=O)OC(C)(C)C)=N2)c2cc(C#CC4(C)COC4)ccc2O3)cn1. The van der Waals surface area contributed by atoms with Crippen LogP contribution in [0, 0.1) is 24.2 Å². The molecule has 1 atom stereocenters. The number of pyridine rings is 2. The van der Waals surface area contributed by atoms with Crippen LogP contribution in [0.5, 0.6) is 11.6 Å². The van der Waals surface area contributed by atoms with Crippen molar-refractivity contribution >= 4 is 23.0 Å². The van der Waals surface area contributed by atoms with E-state index in [9.17, 15) is 4.79 Å². The number of fused-ring (bicyclic) bond motifs is 4. The number of benzene rings is 1. The van der Waals surface area contributed by atoms with Crippen molar-refractivity contribution in [3.8, 4) is 34.6 Å². The second-order valence-electron chi connectivity index (χ2n) is 11.6. The predicted molar refractivity (Wildman–Crippen MR) is 155 cm³/mol. The molecule has 8 nitrogen and oxygen atoms in total. The quantitative estimate of drug-likeness (QED) is 0.379. The highest BCUT2D eigenvalue weighted by Crippen LogP contribution is 2.53. The van der Waals surface area contributed by atoms with E-state index in [1.54, 1.807) is 6.20 Å². The molecule has 1 fully saturated rings. The summed E-state index contributed by atoms with van der Waals surface area (Å²) in [5, 5.41) is 3.31. The van der Waals surface area contributed by atoms with E-state index in [4.69, 9.17) is 24.2 Å². The Hall–Kier alpha value is -3.87. The van der Waals surface area contributed by atoms with Crippen molar-refractivity contribution in [1.82, 2.24) is 15.3 Å². The molecule has 1 N–H and O–H groups in total. The Kier molecular flexibility index (Phi) is 6.36. The van der Waals surface area contributed by atoms with E-state index < -0.39 is 17.2 Å². The van der Waals surface area contributed by atoms with E-state index in [-0.39, 0.29) is 5.41 Å². The first-order chi connectivity index (χ1) is 19.0. The first-order valence-electron chi connectivity index (χ1n) is 13.1. The van der Waals surface area contributed by atoms with E-state index in [0.29, 0.717) is 35.8 Å². The third-order valence-electron chi connectivity index (χ3n) is 6.84. The molecule has 9 heteroatoms. The molecular formula is C31H30N4O4S. The molecule has 5 heterocycles. The van der Waals surface area contributed by atoms with Gasteiger partial charge >= 0.3 is 6.09 Å². The molecule has 1 saturated heterocycles. The highest BCUT2D eigenvalue weighted by Gasteiger charge is 2.47. The van der Waals surface area contributed by atoms with Crippen molar-refractivity contribution in [1.29, 1.82) is 0 Å². The number of rotatable bonds is 1. The van der Waals surface area contributed by atoms with Gasteiger partial charge in [-0.25, -0.2) is 14.8 Å². The molecule has 1 aromatic carbocycles. The average Bonchev–Trinajstić information content (AvgIpc) is 3.30. The van der Waals surface area contributed by atoms with E-state index in [1.165, 1.54) is 11.8 Å². The summed E-state index contributed by atoms with van der Waals surface area (Å²) in [6, 6.07) is 12.0. The summed E-state index contributed by atoms with van der Waals surface area (Å²) < 4.78 is 17.1. The molecule has 0 bridgehead atoms. The van der Waals surface area contributed by atoms with E-state index >= 15 is 0 Å². The minimum absolute atomic E-state index is 0.135. The minimum atomic E-state index is -0.847. The van der Waals surface area contributed by atoms with Crippen LogP contribution in [-0.4, -0.2) is 45.8 Å². The lowest BCUT2D eigenvalue weighted by Gasteiger charge is -2.34. The second-order valence-corrected chi connectivity index (χ2v) is 12.5. The number of thioether (sulfide) groups is 1. The third-order valence-corrected chi connectivity index (χ3v) is 7.87. The first-order valence-corrected chi connectivity index (χ1v) is 14.1. The summed E-state index contributed by atoms with van der Waals surface area (Å²) in [6.45, 7) is 10.8. The van der Waals surface area contributed by atoms with Gasteiger partial charge in [0.25, 0.3) is 0 Å². The molecule has 204 valence electrons. The topological polar surface area (TPSA) is 94.9 Å². The van der Waals surface area contributed by atoms with Gasteiger partial charge in [0.2, 0.25) is 5.88 Å². The van der Waals surface area contributed by atoms with Gasteiger partial charge in [0, 0.05) is 51.7 Å². The van der Waals surface area contributed by atoms with Crippen LogP contribution >= 0.6 is 11.8 Å². The zero-order valence-electron chi connectivity index (χ0n) is 23.1. The van der Waals surface area contributed by atoms with Crippen LogP contribution in [0.1, 0.15) is 50.1 Å². The average molecular weight is 555 g/mol. The maximum Gasteiger partial charge on any atom is 0.413 e. The molecular weight excluding hydrogens is 524 g/mol. The Morgan fingerprint density at radius 3 is 2.58 bits per heavy atom. The number of carbonyl (C=O) groups is 1. The Morgan fingerprint density at radius 2 is 1.88 bits per heavy atom. The number of hydrogen-bond donors (Lipinski definition) is 1. The summed E-state index contributed by atoms with van der Waals surface area (Å²) in [4.78, 5) is 26.9. The number of amides is 1. The minimum Gasteiger partial charge on any atom is -0.444 e. The van der Waals surface area contributed by atoms with Crippen LogP contribution in [0.2, 0.25) is 0 Å². The van der Waals surface area contributed by atoms with Crippen molar-refractivity contribution < 1.29 is 19.0 Å². The number of aryl methyl sites for hydroxylation is 1. The second kappa shape index (κ2) is 9.65. The van der Waals surface area contributed by atoms with Crippen LogP contribution < -0.4 is 10.1 Å². The maximum atomic E-state index is 12.6. The lowest BCUT2D eigenvalue weighted by Crippen LogP contribution is -2.38. The van der Waals surface area contributed by atoms with Gasteiger partial charge in [-0.3, -0.25) is 10.3 Å². The van der Waals surface area contributed by atoms with Crippen molar-refractivity contribution in [2.75, 3.05) is 19.0 Å². The number of amidine groups is 1. The molecule has 0 aliphatic carbocycles. The van der Waals surface area contributed by atoms with Gasteiger partial charge in [-0.05, 0) is 65.0 Å². The monoisotopic (exact) mass is 554 g/mol. The Morgan fingerprint density at radius 1 is 1.07 bits per heavy atom. The Labute approximate surface area is 238 Å². The van der Waals surface area contributed by atoms with Crippen LogP contribution in [0.4, 0.5) is 4.79 Å². The van der Waals surface area contributed by atoms with Gasteiger partial charge in [-0.1, -0.05) is 29.7 Å². The molecule has 3 aromatic rings. The first kappa shape index (κ1) is 26.4. The fourth-order valence-corrected chi connectivity index (χ4v) is 5.84. The lowest BCUT2D eigenvalue weighted by atomic mass is 9.81. The van der Waals surface area contributed by atoms with E-state index in [2.05, 4.69) is 35.1 Å². The molecule has 1 spiro atoms. The fourth-order valence-electron chi connectivity index (χ4n) is 4.74. The molecule has 1 unspecified atom stereocenters. The number of alkyl carbamates (subject to hydrolysis) is 1. The van der Waals surface area contributed by atoms with Gasteiger partial charge in [0.1, 0.15) is 16.9 Å². The Balaban J connectivity index is 1.45. The number of hydrogen-bond acceptors (Lipinski definition) is 8. The molecule has 2 aromatic heterocycles. The highest BCUT2D eigenvalue weighted by molar-refractivity contribution is 8.14. The smallest absolute Gasteiger partial charge is 0.413 e. The molecule has 0 saturated carbocycles. The summed E-state index contributed by atoms with van der Waals surface area (Å²) in [7, 11) is 0. The summed E-state index contributed by atoms with van der Waals surface area (Å²) in [6.07, 6.45) is 3.08. The van der Waals surface area contributed by atoms with Crippen molar-refractivity contribution in [3.05, 3.63) is 71.2 Å². The zero-order valence-corrected chi connectivity index (χ0v) is 23.9. The number of carbonyl (C=O) groups excluding carboxylic acids is 1. The largest absolute Gasteiger partial charge is 0.444 e. The molecule has 6 rings (SSSR count). The zero-order chi connectivity index (χ0) is 28.1. The van der Waals surface area contributed by atoms with Crippen LogP contribution in [-0.2, 0) is 15.0 Å². The van der Waals surface area contributed by atoms with Gasteiger partial charge in [0.15, 0.2) is 5.17 Å². The lowest BCUT2D eigenvalue weighted by molar-refractivity contribution is -0.0648. The number of nitrogens with one attached hydrogen (secondary N) is 1.